The predicted octanol–water partition coefficient (Wildman–Crippen LogP) is 3.63. The van der Waals surface area contributed by atoms with E-state index in [4.69, 9.17) is 0 Å². The van der Waals surface area contributed by atoms with Gasteiger partial charge in [0, 0.05) is 16.1 Å². The molecule has 1 unspecified atom stereocenters. The lowest BCUT2D eigenvalue weighted by Gasteiger charge is -2.06. The summed E-state index contributed by atoms with van der Waals surface area (Å²) < 4.78 is 0. The van der Waals surface area contributed by atoms with Crippen molar-refractivity contribution in [3.63, 3.8) is 0 Å². The van der Waals surface area contributed by atoms with Crippen LogP contribution in [-0.4, -0.2) is 33.3 Å². The SMILES string of the molecule is SCCCSCCCC1CSCS1. The summed E-state index contributed by atoms with van der Waals surface area (Å²) in [5.74, 6) is 5.10. The van der Waals surface area contributed by atoms with Gasteiger partial charge >= 0.3 is 0 Å². The van der Waals surface area contributed by atoms with Gasteiger partial charge < -0.3 is 0 Å². The van der Waals surface area contributed by atoms with Crippen molar-refractivity contribution >= 4 is 47.9 Å². The quantitative estimate of drug-likeness (QED) is 0.545. The molecule has 0 nitrogen and oxygen atoms in total. The van der Waals surface area contributed by atoms with Crippen molar-refractivity contribution in [3.8, 4) is 0 Å². The highest BCUT2D eigenvalue weighted by molar-refractivity contribution is 8.19. The number of rotatable bonds is 7. The highest BCUT2D eigenvalue weighted by Crippen LogP contribution is 2.32. The number of thioether (sulfide) groups is 3. The van der Waals surface area contributed by atoms with Crippen molar-refractivity contribution in [1.82, 2.24) is 0 Å². The highest BCUT2D eigenvalue weighted by Gasteiger charge is 2.14. The first-order valence-electron chi connectivity index (χ1n) is 4.81. The zero-order chi connectivity index (χ0) is 9.36. The molecule has 0 radical (unpaired) electrons. The Bertz CT molecular complexity index is 112. The molecular weight excluding hydrogens is 236 g/mol. The summed E-state index contributed by atoms with van der Waals surface area (Å²) in [5, 5.41) is 2.30. The molecule has 1 aliphatic rings. The number of thiol groups is 1. The van der Waals surface area contributed by atoms with E-state index in [-0.39, 0.29) is 0 Å². The van der Waals surface area contributed by atoms with Crippen molar-refractivity contribution < 1.29 is 0 Å². The van der Waals surface area contributed by atoms with E-state index in [2.05, 4.69) is 47.9 Å². The van der Waals surface area contributed by atoms with Gasteiger partial charge in [-0.05, 0) is 36.5 Å². The summed E-state index contributed by atoms with van der Waals surface area (Å²) >= 11 is 10.5. The van der Waals surface area contributed by atoms with Crippen LogP contribution >= 0.6 is 47.9 Å². The molecule has 1 fully saturated rings. The summed E-state index contributed by atoms with van der Waals surface area (Å²) in [7, 11) is 0. The van der Waals surface area contributed by atoms with Crippen LogP contribution in [-0.2, 0) is 0 Å². The predicted molar refractivity (Wildman–Crippen MR) is 73.7 cm³/mol. The van der Waals surface area contributed by atoms with Crippen LogP contribution in [0.1, 0.15) is 19.3 Å². The second kappa shape index (κ2) is 8.69. The van der Waals surface area contributed by atoms with Crippen LogP contribution in [0.2, 0.25) is 0 Å². The van der Waals surface area contributed by atoms with Crippen molar-refractivity contribution in [2.45, 2.75) is 24.5 Å². The van der Waals surface area contributed by atoms with E-state index in [1.165, 1.54) is 41.6 Å². The summed E-state index contributed by atoms with van der Waals surface area (Å²) in [6.07, 6.45) is 4.11. The zero-order valence-corrected chi connectivity index (χ0v) is 11.3. The minimum Gasteiger partial charge on any atom is -0.179 e. The molecule has 0 saturated carbocycles. The molecular formula is C9H18S4. The van der Waals surface area contributed by atoms with Crippen molar-refractivity contribution in [2.75, 3.05) is 28.1 Å². The molecule has 4 heteroatoms. The molecule has 0 spiro atoms. The van der Waals surface area contributed by atoms with Gasteiger partial charge in [0.05, 0.1) is 0 Å². The van der Waals surface area contributed by atoms with Crippen LogP contribution in [0, 0.1) is 0 Å². The van der Waals surface area contributed by atoms with Gasteiger partial charge in [0.25, 0.3) is 0 Å². The van der Waals surface area contributed by atoms with E-state index in [9.17, 15) is 0 Å². The molecule has 1 rings (SSSR count). The van der Waals surface area contributed by atoms with Gasteiger partial charge in [-0.3, -0.25) is 0 Å². The lowest BCUT2D eigenvalue weighted by molar-refractivity contribution is 0.805. The Balaban J connectivity index is 1.78. The highest BCUT2D eigenvalue weighted by atomic mass is 32.2. The third-order valence-corrected chi connectivity index (χ3v) is 6.36. The van der Waals surface area contributed by atoms with Crippen LogP contribution in [0.4, 0.5) is 0 Å². The lowest BCUT2D eigenvalue weighted by Crippen LogP contribution is -2.01. The Morgan fingerprint density at radius 2 is 2.15 bits per heavy atom. The maximum Gasteiger partial charge on any atom is 0.0395 e. The first-order valence-corrected chi connectivity index (χ1v) is 8.80. The molecule has 1 atom stereocenters. The van der Waals surface area contributed by atoms with Crippen molar-refractivity contribution in [2.24, 2.45) is 0 Å². The van der Waals surface area contributed by atoms with E-state index >= 15 is 0 Å². The van der Waals surface area contributed by atoms with Crippen LogP contribution < -0.4 is 0 Å². The van der Waals surface area contributed by atoms with Crippen LogP contribution in [0.25, 0.3) is 0 Å². The van der Waals surface area contributed by atoms with Gasteiger partial charge in [-0.1, -0.05) is 0 Å². The maximum atomic E-state index is 4.20. The van der Waals surface area contributed by atoms with Crippen molar-refractivity contribution in [3.05, 3.63) is 0 Å². The number of hydrogen-bond donors (Lipinski definition) is 1. The largest absolute Gasteiger partial charge is 0.179 e. The van der Waals surface area contributed by atoms with Gasteiger partial charge in [0.1, 0.15) is 0 Å². The molecule has 1 heterocycles. The molecule has 1 aliphatic heterocycles. The van der Waals surface area contributed by atoms with Gasteiger partial charge in [-0.25, -0.2) is 0 Å². The third-order valence-electron chi connectivity index (χ3n) is 1.95. The molecule has 0 aromatic heterocycles. The first-order chi connectivity index (χ1) is 6.43. The molecule has 0 amide bonds. The van der Waals surface area contributed by atoms with E-state index in [0.717, 1.165) is 11.0 Å². The molecule has 1 saturated heterocycles. The molecule has 13 heavy (non-hydrogen) atoms. The standard InChI is InChI=1S/C9H18S4/c10-4-2-6-11-5-1-3-9-7-12-8-13-9/h9-10H,1-8H2. The normalized spacial score (nSPS) is 22.4. The van der Waals surface area contributed by atoms with Gasteiger partial charge in [-0.2, -0.15) is 24.4 Å². The van der Waals surface area contributed by atoms with E-state index in [0.29, 0.717) is 0 Å². The lowest BCUT2D eigenvalue weighted by atomic mass is 10.3. The average molecular weight is 255 g/mol. The Labute approximate surface area is 100 Å². The van der Waals surface area contributed by atoms with E-state index in [1.807, 2.05) is 0 Å². The Hall–Kier alpha value is 1.40. The fourth-order valence-electron chi connectivity index (χ4n) is 1.22. The van der Waals surface area contributed by atoms with Crippen LogP contribution in [0.3, 0.4) is 0 Å². The maximum absolute atomic E-state index is 4.20. The zero-order valence-electron chi connectivity index (χ0n) is 7.91. The molecule has 0 aromatic carbocycles. The minimum atomic E-state index is 0.968. The molecule has 0 aromatic rings. The monoisotopic (exact) mass is 254 g/mol. The summed E-state index contributed by atoms with van der Waals surface area (Å²) in [6.45, 7) is 0. The van der Waals surface area contributed by atoms with E-state index in [1.54, 1.807) is 0 Å². The van der Waals surface area contributed by atoms with Gasteiger partial charge in [-0.15, -0.1) is 23.5 Å². The fraction of sp³-hybridized carbons (Fsp3) is 1.00. The third kappa shape index (κ3) is 6.47. The van der Waals surface area contributed by atoms with Crippen LogP contribution in [0.5, 0.6) is 0 Å². The van der Waals surface area contributed by atoms with E-state index < -0.39 is 0 Å². The fourth-order valence-corrected chi connectivity index (χ4v) is 5.49. The summed E-state index contributed by atoms with van der Waals surface area (Å²) in [5.41, 5.74) is 0. The molecule has 78 valence electrons. The Kier molecular flexibility index (Phi) is 8.33. The topological polar surface area (TPSA) is 0 Å². The summed E-state index contributed by atoms with van der Waals surface area (Å²) in [6, 6.07) is 0. The summed E-state index contributed by atoms with van der Waals surface area (Å²) in [4.78, 5) is 0. The minimum absolute atomic E-state index is 0.968. The second-order valence-corrected chi connectivity index (χ2v) is 7.47. The Morgan fingerprint density at radius 3 is 2.85 bits per heavy atom. The Morgan fingerprint density at radius 1 is 1.31 bits per heavy atom. The average Bonchev–Trinajstić information content (AvgIpc) is 2.63. The van der Waals surface area contributed by atoms with Gasteiger partial charge in [0.2, 0.25) is 0 Å². The smallest absolute Gasteiger partial charge is 0.0395 e. The van der Waals surface area contributed by atoms with Crippen LogP contribution in [0.15, 0.2) is 0 Å². The number of hydrogen-bond acceptors (Lipinski definition) is 4. The molecule has 0 aliphatic carbocycles. The van der Waals surface area contributed by atoms with Crippen molar-refractivity contribution in [1.29, 1.82) is 0 Å². The van der Waals surface area contributed by atoms with Gasteiger partial charge in [0.15, 0.2) is 0 Å². The molecule has 0 bridgehead atoms. The molecule has 0 N–H and O–H groups in total. The first kappa shape index (κ1) is 12.5. The second-order valence-electron chi connectivity index (χ2n) is 3.11.